The van der Waals surface area contributed by atoms with Gasteiger partial charge < -0.3 is 14.4 Å². The van der Waals surface area contributed by atoms with Crippen LogP contribution in [0.15, 0.2) is 42.5 Å². The molecular formula is C19H26N2O2. The van der Waals surface area contributed by atoms with E-state index in [2.05, 4.69) is 47.2 Å². The third kappa shape index (κ3) is 4.93. The molecular weight excluding hydrogens is 288 g/mol. The lowest BCUT2D eigenvalue weighted by Crippen LogP contribution is -2.45. The minimum Gasteiger partial charge on any atom is -0.491 e. The summed E-state index contributed by atoms with van der Waals surface area (Å²) < 4.78 is 11.5. The van der Waals surface area contributed by atoms with E-state index in [0.717, 1.165) is 45.1 Å². The second-order valence-electron chi connectivity index (χ2n) is 6.11. The monoisotopic (exact) mass is 314 g/mol. The van der Waals surface area contributed by atoms with E-state index >= 15 is 0 Å². The number of ether oxygens (including phenoxy) is 2. The molecule has 1 aliphatic heterocycles. The van der Waals surface area contributed by atoms with Gasteiger partial charge in [0, 0.05) is 32.7 Å². The maximum absolute atomic E-state index is 5.77. The Labute approximate surface area is 138 Å². The Morgan fingerprint density at radius 3 is 2.48 bits per heavy atom. The summed E-state index contributed by atoms with van der Waals surface area (Å²) in [5.41, 5.74) is 0. The van der Waals surface area contributed by atoms with Crippen LogP contribution in [0.2, 0.25) is 0 Å². The van der Waals surface area contributed by atoms with Crippen LogP contribution >= 0.6 is 0 Å². The first-order chi connectivity index (χ1) is 11.3. The van der Waals surface area contributed by atoms with Crippen molar-refractivity contribution >= 4 is 10.8 Å². The summed E-state index contributed by atoms with van der Waals surface area (Å²) in [6.07, 6.45) is 0. The van der Waals surface area contributed by atoms with Gasteiger partial charge in [-0.25, -0.2) is 0 Å². The van der Waals surface area contributed by atoms with Gasteiger partial charge in [-0.15, -0.1) is 0 Å². The summed E-state index contributed by atoms with van der Waals surface area (Å²) in [6.45, 7) is 7.65. The summed E-state index contributed by atoms with van der Waals surface area (Å²) in [7, 11) is 2.18. The van der Waals surface area contributed by atoms with Gasteiger partial charge in [0.25, 0.3) is 0 Å². The van der Waals surface area contributed by atoms with Crippen molar-refractivity contribution in [2.45, 2.75) is 0 Å². The van der Waals surface area contributed by atoms with Crippen LogP contribution in [0.4, 0.5) is 0 Å². The van der Waals surface area contributed by atoms with Crippen LogP contribution < -0.4 is 4.74 Å². The normalized spacial score (nSPS) is 16.7. The first kappa shape index (κ1) is 16.2. The molecule has 2 aromatic rings. The van der Waals surface area contributed by atoms with Crippen LogP contribution in [-0.4, -0.2) is 69.4 Å². The van der Waals surface area contributed by atoms with Crippen molar-refractivity contribution < 1.29 is 9.47 Å². The van der Waals surface area contributed by atoms with Gasteiger partial charge in [-0.05, 0) is 30.0 Å². The highest BCUT2D eigenvalue weighted by Gasteiger charge is 2.12. The average molecular weight is 314 g/mol. The molecule has 3 rings (SSSR count). The van der Waals surface area contributed by atoms with Crippen LogP contribution in [0.5, 0.6) is 5.75 Å². The molecule has 0 atom stereocenters. The van der Waals surface area contributed by atoms with E-state index in [0.29, 0.717) is 13.2 Å². The highest BCUT2D eigenvalue weighted by atomic mass is 16.5. The average Bonchev–Trinajstić information content (AvgIpc) is 2.59. The molecule has 0 unspecified atom stereocenters. The minimum atomic E-state index is 0.598. The van der Waals surface area contributed by atoms with E-state index < -0.39 is 0 Å². The van der Waals surface area contributed by atoms with Gasteiger partial charge in [0.2, 0.25) is 0 Å². The molecule has 0 saturated carbocycles. The summed E-state index contributed by atoms with van der Waals surface area (Å²) in [5, 5.41) is 2.45. The first-order valence-corrected chi connectivity index (χ1v) is 8.41. The minimum absolute atomic E-state index is 0.598. The van der Waals surface area contributed by atoms with Gasteiger partial charge in [0.1, 0.15) is 12.4 Å². The van der Waals surface area contributed by atoms with Gasteiger partial charge in [-0.2, -0.15) is 0 Å². The summed E-state index contributed by atoms with van der Waals surface area (Å²) >= 11 is 0. The number of hydrogen-bond acceptors (Lipinski definition) is 4. The van der Waals surface area contributed by atoms with E-state index in [1.165, 1.54) is 10.8 Å². The molecule has 0 N–H and O–H groups in total. The lowest BCUT2D eigenvalue weighted by Gasteiger charge is -2.32. The van der Waals surface area contributed by atoms with Crippen molar-refractivity contribution in [3.63, 3.8) is 0 Å². The highest BCUT2D eigenvalue weighted by molar-refractivity contribution is 5.83. The molecule has 1 aliphatic rings. The number of hydrogen-bond donors (Lipinski definition) is 0. The number of benzene rings is 2. The summed E-state index contributed by atoms with van der Waals surface area (Å²) in [4.78, 5) is 4.83. The molecule has 1 fully saturated rings. The second kappa shape index (κ2) is 8.29. The molecule has 0 amide bonds. The molecule has 1 saturated heterocycles. The standard InChI is InChI=1S/C19H26N2O2/c1-20-8-10-21(11-9-20)12-13-22-14-15-23-19-7-6-17-4-2-3-5-18(17)16-19/h2-7,16H,8-15H2,1H3. The van der Waals surface area contributed by atoms with Gasteiger partial charge in [-0.3, -0.25) is 4.90 Å². The third-order valence-corrected chi connectivity index (χ3v) is 4.37. The zero-order valence-corrected chi connectivity index (χ0v) is 13.9. The number of piperazine rings is 1. The molecule has 4 nitrogen and oxygen atoms in total. The predicted octanol–water partition coefficient (Wildman–Crippen LogP) is 2.48. The number of fused-ring (bicyclic) bond motifs is 1. The maximum Gasteiger partial charge on any atom is 0.120 e. The molecule has 0 aromatic heterocycles. The van der Waals surface area contributed by atoms with Gasteiger partial charge in [0.15, 0.2) is 0 Å². The molecule has 0 radical (unpaired) electrons. The van der Waals surface area contributed by atoms with Crippen molar-refractivity contribution in [1.82, 2.24) is 9.80 Å². The number of rotatable bonds is 7. The van der Waals surface area contributed by atoms with E-state index in [9.17, 15) is 0 Å². The molecule has 124 valence electrons. The van der Waals surface area contributed by atoms with Gasteiger partial charge in [0.05, 0.1) is 13.2 Å². The highest BCUT2D eigenvalue weighted by Crippen LogP contribution is 2.20. The zero-order chi connectivity index (χ0) is 15.9. The first-order valence-electron chi connectivity index (χ1n) is 8.41. The van der Waals surface area contributed by atoms with E-state index in [4.69, 9.17) is 9.47 Å². The molecule has 0 aliphatic carbocycles. The summed E-state index contributed by atoms with van der Waals surface area (Å²) in [5.74, 6) is 0.909. The number of nitrogens with zero attached hydrogens (tertiary/aromatic N) is 2. The fourth-order valence-electron chi connectivity index (χ4n) is 2.84. The van der Waals surface area contributed by atoms with Crippen molar-refractivity contribution in [3.05, 3.63) is 42.5 Å². The van der Waals surface area contributed by atoms with Crippen molar-refractivity contribution in [1.29, 1.82) is 0 Å². The molecule has 4 heteroatoms. The van der Waals surface area contributed by atoms with Crippen LogP contribution in [0, 0.1) is 0 Å². The largest absolute Gasteiger partial charge is 0.491 e. The topological polar surface area (TPSA) is 24.9 Å². The van der Waals surface area contributed by atoms with Crippen molar-refractivity contribution in [3.8, 4) is 5.75 Å². The Bertz CT molecular complexity index is 609. The van der Waals surface area contributed by atoms with Crippen molar-refractivity contribution in [2.24, 2.45) is 0 Å². The van der Waals surface area contributed by atoms with Crippen LogP contribution in [0.25, 0.3) is 10.8 Å². The van der Waals surface area contributed by atoms with Crippen LogP contribution in [0.1, 0.15) is 0 Å². The Hall–Kier alpha value is -1.62. The SMILES string of the molecule is CN1CCN(CCOCCOc2ccc3ccccc3c2)CC1. The second-order valence-corrected chi connectivity index (χ2v) is 6.11. The molecule has 2 aromatic carbocycles. The van der Waals surface area contributed by atoms with E-state index in [1.807, 2.05) is 12.1 Å². The fraction of sp³-hybridized carbons (Fsp3) is 0.474. The van der Waals surface area contributed by atoms with Gasteiger partial charge >= 0.3 is 0 Å². The van der Waals surface area contributed by atoms with E-state index in [-0.39, 0.29) is 0 Å². The molecule has 23 heavy (non-hydrogen) atoms. The molecule has 0 spiro atoms. The zero-order valence-electron chi connectivity index (χ0n) is 13.9. The number of likely N-dealkylation sites (N-methyl/N-ethyl adjacent to an activating group) is 1. The molecule has 1 heterocycles. The Morgan fingerprint density at radius 2 is 1.65 bits per heavy atom. The lowest BCUT2D eigenvalue weighted by atomic mass is 10.1. The Morgan fingerprint density at radius 1 is 0.870 bits per heavy atom. The lowest BCUT2D eigenvalue weighted by molar-refractivity contribution is 0.0658. The predicted molar refractivity (Wildman–Crippen MR) is 94.2 cm³/mol. The smallest absolute Gasteiger partial charge is 0.120 e. The quantitative estimate of drug-likeness (QED) is 0.733. The van der Waals surface area contributed by atoms with Crippen LogP contribution in [0.3, 0.4) is 0 Å². The third-order valence-electron chi connectivity index (χ3n) is 4.37. The van der Waals surface area contributed by atoms with Gasteiger partial charge in [-0.1, -0.05) is 30.3 Å². The summed E-state index contributed by atoms with van der Waals surface area (Å²) in [6, 6.07) is 14.5. The Kier molecular flexibility index (Phi) is 5.86. The van der Waals surface area contributed by atoms with Crippen molar-refractivity contribution in [2.75, 3.05) is 59.6 Å². The van der Waals surface area contributed by atoms with E-state index in [1.54, 1.807) is 0 Å². The fourth-order valence-corrected chi connectivity index (χ4v) is 2.84. The van der Waals surface area contributed by atoms with Crippen LogP contribution in [-0.2, 0) is 4.74 Å². The maximum atomic E-state index is 5.77. The Balaban J connectivity index is 1.31. The molecule has 0 bridgehead atoms.